The van der Waals surface area contributed by atoms with Gasteiger partial charge in [0.15, 0.2) is 0 Å². The number of carboxylic acid groups (broad SMARTS) is 1. The minimum absolute atomic E-state index is 0.230. The van der Waals surface area contributed by atoms with Crippen molar-refractivity contribution in [2.45, 2.75) is 6.54 Å². The first-order valence-electron chi connectivity index (χ1n) is 6.21. The molecule has 20 heavy (non-hydrogen) atoms. The molecule has 1 aromatic heterocycles. The summed E-state index contributed by atoms with van der Waals surface area (Å²) in [6.45, 7) is 3.16. The van der Waals surface area contributed by atoms with Crippen molar-refractivity contribution in [2.24, 2.45) is 0 Å². The third-order valence-corrected chi connectivity index (χ3v) is 3.42. The lowest BCUT2D eigenvalue weighted by molar-refractivity contribution is 0.0683. The molecule has 0 spiro atoms. The van der Waals surface area contributed by atoms with Gasteiger partial charge in [-0.05, 0) is 17.7 Å². The number of carbonyl (C=O) groups is 1. The topological polar surface area (TPSA) is 66.1 Å². The number of hydrogen-bond donors (Lipinski definition) is 1. The molecule has 0 amide bonds. The van der Waals surface area contributed by atoms with Crippen molar-refractivity contribution in [3.8, 4) is 11.3 Å². The van der Waals surface area contributed by atoms with Crippen LogP contribution in [0.3, 0.4) is 0 Å². The first-order valence-corrected chi connectivity index (χ1v) is 6.59. The number of aromatic carboxylic acids is 1. The van der Waals surface area contributed by atoms with Gasteiger partial charge in [-0.25, -0.2) is 14.8 Å². The van der Waals surface area contributed by atoms with Crippen LogP contribution in [0.2, 0.25) is 5.02 Å². The van der Waals surface area contributed by atoms with Crippen LogP contribution in [0.25, 0.3) is 11.3 Å². The minimum Gasteiger partial charge on any atom is -0.475 e. The molecule has 0 aliphatic carbocycles. The smallest absolute Gasteiger partial charge is 0.373 e. The van der Waals surface area contributed by atoms with E-state index in [-0.39, 0.29) is 5.82 Å². The molecule has 3 rings (SSSR count). The third kappa shape index (κ3) is 2.79. The Hall–Kier alpha value is -1.98. The van der Waals surface area contributed by atoms with E-state index in [1.165, 1.54) is 6.20 Å². The molecule has 0 unspecified atom stereocenters. The fraction of sp³-hybridized carbons (Fsp3) is 0.214. The van der Waals surface area contributed by atoms with Crippen molar-refractivity contribution >= 4 is 17.6 Å². The SMILES string of the molecule is O=C(O)c1nccc(-c2ccc(CN3CC3)cc2Cl)n1. The van der Waals surface area contributed by atoms with E-state index in [9.17, 15) is 4.79 Å². The number of halogens is 1. The largest absolute Gasteiger partial charge is 0.475 e. The van der Waals surface area contributed by atoms with Crippen LogP contribution in [-0.2, 0) is 6.54 Å². The van der Waals surface area contributed by atoms with Gasteiger partial charge in [0.25, 0.3) is 0 Å². The summed E-state index contributed by atoms with van der Waals surface area (Å²) in [5, 5.41) is 9.48. The van der Waals surface area contributed by atoms with E-state index in [2.05, 4.69) is 14.9 Å². The van der Waals surface area contributed by atoms with Crippen LogP contribution in [0.15, 0.2) is 30.5 Å². The monoisotopic (exact) mass is 289 g/mol. The maximum absolute atomic E-state index is 10.9. The van der Waals surface area contributed by atoms with Gasteiger partial charge in [0.2, 0.25) is 5.82 Å². The lowest BCUT2D eigenvalue weighted by Crippen LogP contribution is -2.04. The highest BCUT2D eigenvalue weighted by molar-refractivity contribution is 6.33. The highest BCUT2D eigenvalue weighted by atomic mass is 35.5. The zero-order valence-corrected chi connectivity index (χ0v) is 11.3. The van der Waals surface area contributed by atoms with Crippen LogP contribution >= 0.6 is 11.6 Å². The molecular formula is C14H12ClN3O2. The quantitative estimate of drug-likeness (QED) is 0.875. The van der Waals surface area contributed by atoms with E-state index >= 15 is 0 Å². The van der Waals surface area contributed by atoms with Gasteiger partial charge >= 0.3 is 5.97 Å². The maximum atomic E-state index is 10.9. The lowest BCUT2D eigenvalue weighted by Gasteiger charge is -2.07. The molecule has 0 atom stereocenters. The van der Waals surface area contributed by atoms with Crippen molar-refractivity contribution in [3.05, 3.63) is 46.9 Å². The van der Waals surface area contributed by atoms with Crippen molar-refractivity contribution in [1.29, 1.82) is 0 Å². The van der Waals surface area contributed by atoms with E-state index in [4.69, 9.17) is 16.7 Å². The van der Waals surface area contributed by atoms with Gasteiger partial charge in [-0.15, -0.1) is 0 Å². The lowest BCUT2D eigenvalue weighted by atomic mass is 10.1. The normalized spacial score (nSPS) is 14.2. The van der Waals surface area contributed by atoms with Crippen molar-refractivity contribution in [3.63, 3.8) is 0 Å². The van der Waals surface area contributed by atoms with Crippen molar-refractivity contribution in [2.75, 3.05) is 13.1 Å². The second kappa shape index (κ2) is 5.19. The number of nitrogens with zero attached hydrogens (tertiary/aromatic N) is 3. The molecule has 2 heterocycles. The average molecular weight is 290 g/mol. The molecule has 2 aromatic rings. The summed E-state index contributed by atoms with van der Waals surface area (Å²) in [5.41, 5.74) is 2.37. The molecule has 1 N–H and O–H groups in total. The van der Waals surface area contributed by atoms with E-state index in [0.717, 1.165) is 25.2 Å². The summed E-state index contributed by atoms with van der Waals surface area (Å²) in [6.07, 6.45) is 1.42. The number of carboxylic acids is 1. The molecule has 0 radical (unpaired) electrons. The molecule has 0 bridgehead atoms. The summed E-state index contributed by atoms with van der Waals surface area (Å²) in [7, 11) is 0. The minimum atomic E-state index is -1.15. The van der Waals surface area contributed by atoms with Gasteiger partial charge in [0.05, 0.1) is 10.7 Å². The summed E-state index contributed by atoms with van der Waals surface area (Å²) in [4.78, 5) is 20.9. The second-order valence-corrected chi connectivity index (χ2v) is 5.07. The Morgan fingerprint density at radius 1 is 1.35 bits per heavy atom. The first-order chi connectivity index (χ1) is 9.63. The van der Waals surface area contributed by atoms with Crippen LogP contribution in [0.1, 0.15) is 16.2 Å². The molecule has 1 aromatic carbocycles. The average Bonchev–Trinajstić information content (AvgIpc) is 3.23. The highest BCUT2D eigenvalue weighted by Gasteiger charge is 2.18. The van der Waals surface area contributed by atoms with Crippen LogP contribution in [0.4, 0.5) is 0 Å². The van der Waals surface area contributed by atoms with Crippen LogP contribution in [-0.4, -0.2) is 39.0 Å². The molecule has 0 saturated carbocycles. The Kier molecular flexibility index (Phi) is 3.38. The van der Waals surface area contributed by atoms with Crippen LogP contribution in [0.5, 0.6) is 0 Å². The van der Waals surface area contributed by atoms with Gasteiger partial charge < -0.3 is 5.11 Å². The summed E-state index contributed by atoms with van der Waals surface area (Å²) >= 11 is 6.27. The van der Waals surface area contributed by atoms with Gasteiger partial charge in [-0.1, -0.05) is 23.7 Å². The van der Waals surface area contributed by atoms with E-state index < -0.39 is 5.97 Å². The number of benzene rings is 1. The van der Waals surface area contributed by atoms with Gasteiger partial charge in [0.1, 0.15) is 0 Å². The predicted molar refractivity (Wildman–Crippen MR) is 74.7 cm³/mol. The Balaban J connectivity index is 1.92. The van der Waals surface area contributed by atoms with Crippen molar-refractivity contribution in [1.82, 2.24) is 14.9 Å². The van der Waals surface area contributed by atoms with Gasteiger partial charge in [-0.3, -0.25) is 4.90 Å². The van der Waals surface area contributed by atoms with E-state index in [1.807, 2.05) is 18.2 Å². The van der Waals surface area contributed by atoms with Crippen molar-refractivity contribution < 1.29 is 9.90 Å². The van der Waals surface area contributed by atoms with Crippen LogP contribution in [0, 0.1) is 0 Å². The molecular weight excluding hydrogens is 278 g/mol. The summed E-state index contributed by atoms with van der Waals surface area (Å²) in [6, 6.07) is 7.41. The maximum Gasteiger partial charge on any atom is 0.373 e. The predicted octanol–water partition coefficient (Wildman–Crippen LogP) is 2.31. The molecule has 1 saturated heterocycles. The van der Waals surface area contributed by atoms with Crippen LogP contribution < -0.4 is 0 Å². The number of rotatable bonds is 4. The van der Waals surface area contributed by atoms with Gasteiger partial charge in [-0.2, -0.15) is 0 Å². The highest BCUT2D eigenvalue weighted by Crippen LogP contribution is 2.28. The summed E-state index contributed by atoms with van der Waals surface area (Å²) in [5.74, 6) is -1.38. The Morgan fingerprint density at radius 3 is 2.80 bits per heavy atom. The molecule has 5 nitrogen and oxygen atoms in total. The molecule has 1 fully saturated rings. The molecule has 1 aliphatic rings. The molecule has 1 aliphatic heterocycles. The molecule has 6 heteroatoms. The Bertz CT molecular complexity index is 671. The zero-order chi connectivity index (χ0) is 14.1. The van der Waals surface area contributed by atoms with E-state index in [1.54, 1.807) is 6.07 Å². The fourth-order valence-electron chi connectivity index (χ4n) is 1.96. The van der Waals surface area contributed by atoms with E-state index in [0.29, 0.717) is 16.3 Å². The fourth-order valence-corrected chi connectivity index (χ4v) is 2.26. The second-order valence-electron chi connectivity index (χ2n) is 4.66. The summed E-state index contributed by atoms with van der Waals surface area (Å²) < 4.78 is 0. The first kappa shape index (κ1) is 13.0. The zero-order valence-electron chi connectivity index (χ0n) is 10.6. The third-order valence-electron chi connectivity index (χ3n) is 3.10. The van der Waals surface area contributed by atoms with Gasteiger partial charge in [0, 0.05) is 31.4 Å². The standard InChI is InChI=1S/C14H12ClN3O2/c15-11-7-9(8-18-5-6-18)1-2-10(11)12-3-4-16-13(17-12)14(19)20/h1-4,7H,5-6,8H2,(H,19,20). The molecule has 102 valence electrons. The number of hydrogen-bond acceptors (Lipinski definition) is 4. The Labute approximate surface area is 120 Å². The number of aromatic nitrogens is 2. The Morgan fingerprint density at radius 2 is 2.15 bits per heavy atom.